The third-order valence-corrected chi connectivity index (χ3v) is 8.69. The summed E-state index contributed by atoms with van der Waals surface area (Å²) in [4.78, 5) is 20.5. The van der Waals surface area contributed by atoms with Gasteiger partial charge < -0.3 is 26.0 Å². The Morgan fingerprint density at radius 2 is 2.08 bits per heavy atom. The third-order valence-electron chi connectivity index (χ3n) is 7.57. The van der Waals surface area contributed by atoms with Gasteiger partial charge in [0.25, 0.3) is 11.8 Å². The number of pyridine rings is 1. The number of nitrogen functional groups attached to an aromatic ring is 1. The number of alkyl halides is 2. The predicted molar refractivity (Wildman–Crippen MR) is 137 cm³/mol. The number of aromatic nitrogens is 1. The Bertz CT molecular complexity index is 1440. The van der Waals surface area contributed by atoms with Crippen LogP contribution in [0.15, 0.2) is 24.3 Å². The van der Waals surface area contributed by atoms with Crippen molar-refractivity contribution < 1.29 is 18.3 Å². The van der Waals surface area contributed by atoms with E-state index in [1.807, 2.05) is 24.0 Å². The molecule has 3 aliphatic rings. The highest BCUT2D eigenvalue weighted by Gasteiger charge is 2.53. The number of ether oxygens (including phenoxy) is 1. The Hall–Kier alpha value is -3.49. The number of nitrogens with two attached hydrogens (primary N) is 1. The van der Waals surface area contributed by atoms with E-state index in [0.717, 1.165) is 21.5 Å². The second kappa shape index (κ2) is 8.82. The number of piperidine rings is 2. The highest BCUT2D eigenvalue weighted by Crippen LogP contribution is 2.43. The lowest BCUT2D eigenvalue weighted by Gasteiger charge is -2.48. The maximum Gasteiger partial charge on any atom is 0.263 e. The molecule has 5 heterocycles. The van der Waals surface area contributed by atoms with Crippen LogP contribution in [-0.4, -0.2) is 55.6 Å². The maximum absolute atomic E-state index is 14.6. The molecule has 37 heavy (non-hydrogen) atoms. The molecular formula is C26H26F2N6O2S. The van der Waals surface area contributed by atoms with E-state index in [1.165, 1.54) is 11.3 Å². The van der Waals surface area contributed by atoms with E-state index in [9.17, 15) is 18.8 Å². The highest BCUT2D eigenvalue weighted by atomic mass is 32.1. The number of halogens is 2. The van der Waals surface area contributed by atoms with Crippen molar-refractivity contribution in [2.75, 3.05) is 43.4 Å². The summed E-state index contributed by atoms with van der Waals surface area (Å²) in [6, 6.07) is 9.19. The average molecular weight is 525 g/mol. The van der Waals surface area contributed by atoms with Crippen LogP contribution in [0.3, 0.4) is 0 Å². The molecule has 0 saturated carbocycles. The lowest BCUT2D eigenvalue weighted by atomic mass is 9.81. The maximum atomic E-state index is 14.6. The molecule has 6 rings (SSSR count). The molecule has 1 aromatic carbocycles. The van der Waals surface area contributed by atoms with Gasteiger partial charge in [-0.2, -0.15) is 5.26 Å². The zero-order chi connectivity index (χ0) is 25.9. The van der Waals surface area contributed by atoms with E-state index < -0.39 is 17.8 Å². The number of benzene rings is 1. The quantitative estimate of drug-likeness (QED) is 0.482. The smallest absolute Gasteiger partial charge is 0.263 e. The highest BCUT2D eigenvalue weighted by molar-refractivity contribution is 7.21. The second-order valence-electron chi connectivity index (χ2n) is 10.1. The summed E-state index contributed by atoms with van der Waals surface area (Å²) in [5.41, 5.74) is 9.33. The van der Waals surface area contributed by atoms with Gasteiger partial charge in [0.15, 0.2) is 0 Å². The summed E-state index contributed by atoms with van der Waals surface area (Å²) in [6.07, 6.45) is 0.478. The van der Waals surface area contributed by atoms with Crippen LogP contribution in [0.4, 0.5) is 20.2 Å². The van der Waals surface area contributed by atoms with Crippen LogP contribution in [0.25, 0.3) is 10.2 Å². The fourth-order valence-corrected chi connectivity index (χ4v) is 6.63. The number of hydrogen-bond acceptors (Lipinski definition) is 8. The fraction of sp³-hybridized carbons (Fsp3) is 0.423. The number of rotatable bonds is 3. The standard InChI is InChI=1S/C26H26F2N6O2S/c1-13-2-3-19-22(30)23(37-25(19)32-13)24(35)33-18-5-14-4-15(7-29)20(6-21(14)36-12-18)34-10-16-8-31-9-17(11-34)26(16,27)28/h2-4,6,16-18,31H,5,8-12,30H2,1H3,(H,33,35)/t16?,17?,18-/m1/s1. The van der Waals surface area contributed by atoms with Gasteiger partial charge in [0, 0.05) is 43.3 Å². The molecule has 2 unspecified atom stereocenters. The van der Waals surface area contributed by atoms with Crippen molar-refractivity contribution in [2.45, 2.75) is 25.3 Å². The van der Waals surface area contributed by atoms with Crippen LogP contribution in [0.5, 0.6) is 5.75 Å². The lowest BCUT2D eigenvalue weighted by molar-refractivity contribution is -0.130. The van der Waals surface area contributed by atoms with E-state index in [-0.39, 0.29) is 44.7 Å². The van der Waals surface area contributed by atoms with Crippen molar-refractivity contribution in [3.05, 3.63) is 46.0 Å². The number of fused-ring (bicyclic) bond motifs is 4. The molecule has 2 bridgehead atoms. The van der Waals surface area contributed by atoms with Crippen molar-refractivity contribution in [1.29, 1.82) is 5.26 Å². The molecule has 0 radical (unpaired) electrons. The van der Waals surface area contributed by atoms with E-state index in [1.54, 1.807) is 12.1 Å². The van der Waals surface area contributed by atoms with Crippen LogP contribution in [0.2, 0.25) is 0 Å². The molecular weight excluding hydrogens is 498 g/mol. The first-order valence-corrected chi connectivity index (χ1v) is 13.1. The van der Waals surface area contributed by atoms with Gasteiger partial charge in [-0.1, -0.05) is 0 Å². The Balaban J connectivity index is 1.21. The number of nitrogens with zero attached hydrogens (tertiary/aromatic N) is 3. The van der Waals surface area contributed by atoms with Crippen molar-refractivity contribution in [3.63, 3.8) is 0 Å². The van der Waals surface area contributed by atoms with Gasteiger partial charge in [-0.05, 0) is 37.1 Å². The molecule has 11 heteroatoms. The Labute approximate surface area is 216 Å². The Morgan fingerprint density at radius 1 is 1.32 bits per heavy atom. The summed E-state index contributed by atoms with van der Waals surface area (Å²) < 4.78 is 35.3. The molecule has 4 N–H and O–H groups in total. The molecule has 2 fully saturated rings. The number of nitriles is 1. The number of aryl methyl sites for hydroxylation is 1. The number of nitrogens with one attached hydrogen (secondary N) is 2. The summed E-state index contributed by atoms with van der Waals surface area (Å²) in [5, 5.41) is 16.7. The SMILES string of the molecule is Cc1ccc2c(N)c(C(=O)N[C@H]3COc4cc(N5CC6CNCC(C5)C6(F)F)c(C#N)cc4C3)sc2n1. The molecule has 3 aromatic rings. The van der Waals surface area contributed by atoms with Gasteiger partial charge in [0.05, 0.1) is 34.8 Å². The summed E-state index contributed by atoms with van der Waals surface area (Å²) in [5.74, 6) is -3.99. The van der Waals surface area contributed by atoms with Gasteiger partial charge in [0.1, 0.15) is 28.1 Å². The molecule has 8 nitrogen and oxygen atoms in total. The van der Waals surface area contributed by atoms with Crippen LogP contribution in [-0.2, 0) is 6.42 Å². The number of carbonyl (C=O) groups excluding carboxylic acids is 1. The number of carbonyl (C=O) groups is 1. The van der Waals surface area contributed by atoms with Gasteiger partial charge in [0.2, 0.25) is 0 Å². The molecule has 0 aliphatic carbocycles. The zero-order valence-corrected chi connectivity index (χ0v) is 21.0. The van der Waals surface area contributed by atoms with Crippen LogP contribution >= 0.6 is 11.3 Å². The van der Waals surface area contributed by atoms with Crippen molar-refractivity contribution >= 4 is 38.8 Å². The fourth-order valence-electron chi connectivity index (χ4n) is 5.59. The number of amides is 1. The van der Waals surface area contributed by atoms with Crippen LogP contribution < -0.4 is 26.0 Å². The van der Waals surface area contributed by atoms with Crippen molar-refractivity contribution in [1.82, 2.24) is 15.6 Å². The normalized spacial score (nSPS) is 24.2. The van der Waals surface area contributed by atoms with E-state index in [2.05, 4.69) is 21.7 Å². The van der Waals surface area contributed by atoms with Gasteiger partial charge in [-0.25, -0.2) is 13.8 Å². The minimum atomic E-state index is -2.71. The topological polar surface area (TPSA) is 116 Å². The van der Waals surface area contributed by atoms with Gasteiger partial charge in [-0.15, -0.1) is 11.3 Å². The zero-order valence-electron chi connectivity index (χ0n) is 20.2. The average Bonchev–Trinajstić information content (AvgIpc) is 3.18. The summed E-state index contributed by atoms with van der Waals surface area (Å²) in [7, 11) is 0. The first kappa shape index (κ1) is 23.9. The lowest BCUT2D eigenvalue weighted by Crippen LogP contribution is -2.63. The monoisotopic (exact) mass is 524 g/mol. The third kappa shape index (κ3) is 4.04. The first-order valence-electron chi connectivity index (χ1n) is 12.2. The first-order chi connectivity index (χ1) is 17.7. The van der Waals surface area contributed by atoms with Crippen LogP contribution in [0, 0.1) is 30.1 Å². The van der Waals surface area contributed by atoms with Gasteiger partial charge in [-0.3, -0.25) is 4.79 Å². The molecule has 0 spiro atoms. The summed E-state index contributed by atoms with van der Waals surface area (Å²) in [6.45, 7) is 2.99. The van der Waals surface area contributed by atoms with E-state index in [0.29, 0.717) is 34.0 Å². The molecule has 2 saturated heterocycles. The molecule has 1 amide bonds. The number of thiophene rings is 1. The second-order valence-corrected chi connectivity index (χ2v) is 11.1. The Morgan fingerprint density at radius 3 is 2.81 bits per heavy atom. The molecule has 192 valence electrons. The number of anilines is 2. The van der Waals surface area contributed by atoms with Crippen LogP contribution in [0.1, 0.15) is 26.5 Å². The van der Waals surface area contributed by atoms with E-state index in [4.69, 9.17) is 10.5 Å². The van der Waals surface area contributed by atoms with Crippen molar-refractivity contribution in [2.24, 2.45) is 11.8 Å². The molecule has 3 aliphatic heterocycles. The van der Waals surface area contributed by atoms with E-state index >= 15 is 0 Å². The minimum absolute atomic E-state index is 0.174. The van der Waals surface area contributed by atoms with Crippen molar-refractivity contribution in [3.8, 4) is 11.8 Å². The Kier molecular flexibility index (Phi) is 5.69. The van der Waals surface area contributed by atoms with Gasteiger partial charge >= 0.3 is 0 Å². The molecule has 2 aromatic heterocycles. The predicted octanol–water partition coefficient (Wildman–Crippen LogP) is 3.08. The number of hydrogen-bond donors (Lipinski definition) is 3. The largest absolute Gasteiger partial charge is 0.491 e. The summed E-state index contributed by atoms with van der Waals surface area (Å²) >= 11 is 1.26. The molecule has 3 atom stereocenters. The minimum Gasteiger partial charge on any atom is -0.491 e.